The molecule has 4 N–H and O–H groups in total. The van der Waals surface area contributed by atoms with Crippen LogP contribution < -0.4 is 5.73 Å². The molecule has 0 radical (unpaired) electrons. The number of nitrogens with zero attached hydrogens (tertiary/aromatic N) is 1. The highest BCUT2D eigenvalue weighted by atomic mass is 35.5. The normalized spacial score (nSPS) is 21.8. The topological polar surface area (TPSA) is 113 Å². The number of carbonyl (C=O) groups excluding carboxylic acids is 2. The van der Waals surface area contributed by atoms with E-state index in [1.165, 1.54) is 0 Å². The van der Waals surface area contributed by atoms with Gasteiger partial charge in [0.05, 0.1) is 18.8 Å². The van der Waals surface area contributed by atoms with Crippen LogP contribution in [0.1, 0.15) is 49.0 Å². The number of hydrogen-bond donors (Lipinski definition) is 3. The smallest absolute Gasteiger partial charge is 0.252 e. The molecular formula is C24H28Cl2N2O5. The molecule has 4 atom stereocenters. The molecule has 1 heterocycles. The van der Waals surface area contributed by atoms with Crippen LogP contribution in [0.5, 0.6) is 0 Å². The van der Waals surface area contributed by atoms with Crippen LogP contribution in [-0.2, 0) is 14.3 Å². The molecule has 1 aliphatic rings. The number of carbonyl (C=O) groups is 2. The second-order valence-corrected chi connectivity index (χ2v) is 9.00. The van der Waals surface area contributed by atoms with E-state index in [-0.39, 0.29) is 18.7 Å². The molecule has 7 nitrogen and oxygen atoms in total. The summed E-state index contributed by atoms with van der Waals surface area (Å²) in [4.78, 5) is 26.3. The number of unbranched alkanes of at least 4 members (excludes halogenated alkanes) is 1. The lowest BCUT2D eigenvalue weighted by atomic mass is 9.90. The third-order valence-electron chi connectivity index (χ3n) is 5.65. The zero-order chi connectivity index (χ0) is 24.0. The first kappa shape index (κ1) is 25.5. The molecule has 0 spiro atoms. The number of aliphatic hydroxyl groups excluding tert-OH is 2. The molecule has 2 aromatic rings. The maximum absolute atomic E-state index is 13.5. The minimum absolute atomic E-state index is 0.0441. The van der Waals surface area contributed by atoms with Crippen LogP contribution in [0.15, 0.2) is 48.5 Å². The van der Waals surface area contributed by atoms with Crippen LogP contribution in [0, 0.1) is 0 Å². The van der Waals surface area contributed by atoms with E-state index in [0.29, 0.717) is 29.4 Å². The molecule has 0 aromatic heterocycles. The fourth-order valence-electron chi connectivity index (χ4n) is 4.06. The van der Waals surface area contributed by atoms with E-state index in [0.717, 1.165) is 11.1 Å². The van der Waals surface area contributed by atoms with Crippen molar-refractivity contribution in [2.24, 2.45) is 5.73 Å². The lowest BCUT2D eigenvalue weighted by molar-refractivity contribution is -0.178. The second-order valence-electron chi connectivity index (χ2n) is 8.12. The zero-order valence-electron chi connectivity index (χ0n) is 18.1. The highest BCUT2D eigenvalue weighted by molar-refractivity contribution is 6.30. The Balaban J connectivity index is 2.01. The highest BCUT2D eigenvalue weighted by Crippen LogP contribution is 2.43. The van der Waals surface area contributed by atoms with Crippen LogP contribution in [0.4, 0.5) is 0 Å². The molecule has 0 bridgehead atoms. The van der Waals surface area contributed by atoms with Gasteiger partial charge in [-0.25, -0.2) is 0 Å². The quantitative estimate of drug-likeness (QED) is 0.438. The highest BCUT2D eigenvalue weighted by Gasteiger charge is 2.44. The molecular weight excluding hydrogens is 467 g/mol. The van der Waals surface area contributed by atoms with E-state index in [4.69, 9.17) is 33.7 Å². The maximum Gasteiger partial charge on any atom is 0.252 e. The van der Waals surface area contributed by atoms with Gasteiger partial charge in [0.1, 0.15) is 12.2 Å². The Morgan fingerprint density at radius 3 is 2.45 bits per heavy atom. The maximum atomic E-state index is 13.5. The van der Waals surface area contributed by atoms with Gasteiger partial charge in [0, 0.05) is 29.4 Å². The van der Waals surface area contributed by atoms with Crippen molar-refractivity contribution in [3.63, 3.8) is 0 Å². The number of halogens is 2. The van der Waals surface area contributed by atoms with Gasteiger partial charge in [-0.1, -0.05) is 47.5 Å². The van der Waals surface area contributed by atoms with Crippen molar-refractivity contribution < 1.29 is 24.5 Å². The Hall–Kier alpha value is -2.16. The van der Waals surface area contributed by atoms with Gasteiger partial charge in [-0.3, -0.25) is 9.59 Å². The third-order valence-corrected chi connectivity index (χ3v) is 6.14. The monoisotopic (exact) mass is 494 g/mol. The van der Waals surface area contributed by atoms with Crippen molar-refractivity contribution in [3.8, 4) is 0 Å². The minimum Gasteiger partial charge on any atom is -0.394 e. The van der Waals surface area contributed by atoms with Gasteiger partial charge in [-0.2, -0.15) is 0 Å². The molecule has 0 unspecified atom stereocenters. The van der Waals surface area contributed by atoms with E-state index in [1.807, 2.05) is 24.3 Å². The minimum atomic E-state index is -1.09. The van der Waals surface area contributed by atoms with Crippen molar-refractivity contribution in [1.29, 1.82) is 0 Å². The van der Waals surface area contributed by atoms with E-state index >= 15 is 0 Å². The Kier molecular flexibility index (Phi) is 9.11. The summed E-state index contributed by atoms with van der Waals surface area (Å²) in [5.41, 5.74) is 6.87. The molecule has 1 fully saturated rings. The summed E-state index contributed by atoms with van der Waals surface area (Å²) in [7, 11) is 0. The van der Waals surface area contributed by atoms with Gasteiger partial charge >= 0.3 is 0 Å². The lowest BCUT2D eigenvalue weighted by Gasteiger charge is -2.45. The van der Waals surface area contributed by atoms with Crippen LogP contribution in [0.3, 0.4) is 0 Å². The van der Waals surface area contributed by atoms with Gasteiger partial charge < -0.3 is 25.6 Å². The van der Waals surface area contributed by atoms with E-state index < -0.39 is 36.9 Å². The van der Waals surface area contributed by atoms with Crippen LogP contribution in [0.25, 0.3) is 0 Å². The fraction of sp³-hybridized carbons (Fsp3) is 0.417. The lowest BCUT2D eigenvalue weighted by Crippen LogP contribution is -2.52. The van der Waals surface area contributed by atoms with Gasteiger partial charge in [-0.15, -0.1) is 0 Å². The third kappa shape index (κ3) is 6.68. The summed E-state index contributed by atoms with van der Waals surface area (Å²) in [5, 5.41) is 20.4. The molecule has 1 saturated heterocycles. The van der Waals surface area contributed by atoms with Crippen LogP contribution in [-0.4, -0.2) is 52.3 Å². The summed E-state index contributed by atoms with van der Waals surface area (Å²) < 4.78 is 6.26. The number of amides is 2. The molecule has 0 aliphatic carbocycles. The summed E-state index contributed by atoms with van der Waals surface area (Å²) in [6.07, 6.45) is -1.32. The van der Waals surface area contributed by atoms with E-state index in [2.05, 4.69) is 0 Å². The number of morpholine rings is 1. The predicted octanol–water partition coefficient (Wildman–Crippen LogP) is 3.40. The first-order chi connectivity index (χ1) is 15.8. The first-order valence-electron chi connectivity index (χ1n) is 10.8. The standard InChI is InChI=1S/C24H28Cl2N2O5/c25-17-9-7-15(8-10-17)22-23(16-4-3-5-18(26)12-16)33-20(13-19(30)14-29)24(32)28(22)11-2-1-6-21(27)31/h3-5,7-10,12,19-20,22-23,29-30H,1-2,6,11,13-14H2,(H2,27,31)/t19-,20-,22+,23-/m1/s1. The van der Waals surface area contributed by atoms with Crippen molar-refractivity contribution >= 4 is 35.0 Å². The van der Waals surface area contributed by atoms with Gasteiger partial charge in [0.25, 0.3) is 5.91 Å². The second kappa shape index (κ2) is 11.8. The first-order valence-corrected chi connectivity index (χ1v) is 11.6. The number of benzene rings is 2. The van der Waals surface area contributed by atoms with Gasteiger partial charge in [0.2, 0.25) is 5.91 Å². The zero-order valence-corrected chi connectivity index (χ0v) is 19.6. The van der Waals surface area contributed by atoms with Gasteiger partial charge in [0.15, 0.2) is 0 Å². The van der Waals surface area contributed by atoms with Crippen molar-refractivity contribution in [1.82, 2.24) is 4.90 Å². The summed E-state index contributed by atoms with van der Waals surface area (Å²) in [6, 6.07) is 13.9. The molecule has 178 valence electrons. The SMILES string of the molecule is NC(=O)CCCCN1C(=O)[C@@H](C[C@@H](O)CO)O[C@H](c2cccc(Cl)c2)[C@@H]1c1ccc(Cl)cc1. The van der Waals surface area contributed by atoms with E-state index in [1.54, 1.807) is 29.2 Å². The average molecular weight is 495 g/mol. The predicted molar refractivity (Wildman–Crippen MR) is 126 cm³/mol. The molecule has 0 saturated carbocycles. The van der Waals surface area contributed by atoms with E-state index in [9.17, 15) is 19.8 Å². The fourth-order valence-corrected chi connectivity index (χ4v) is 4.39. The van der Waals surface area contributed by atoms with Crippen molar-refractivity contribution in [2.75, 3.05) is 13.2 Å². The Labute approximate surface area is 203 Å². The number of ether oxygens (including phenoxy) is 1. The summed E-state index contributed by atoms with van der Waals surface area (Å²) in [5.74, 6) is -0.682. The average Bonchev–Trinajstić information content (AvgIpc) is 2.79. The van der Waals surface area contributed by atoms with Crippen molar-refractivity contribution in [3.05, 3.63) is 69.7 Å². The number of primary amides is 1. The van der Waals surface area contributed by atoms with Crippen LogP contribution >= 0.6 is 23.2 Å². The number of aliphatic hydroxyl groups is 2. The summed E-state index contributed by atoms with van der Waals surface area (Å²) >= 11 is 12.3. The Morgan fingerprint density at radius 1 is 1.09 bits per heavy atom. The Morgan fingerprint density at radius 2 is 1.82 bits per heavy atom. The number of nitrogens with two attached hydrogens (primary N) is 1. The number of rotatable bonds is 10. The molecule has 1 aliphatic heterocycles. The molecule has 2 amide bonds. The Bertz CT molecular complexity index is 956. The molecule has 3 rings (SSSR count). The number of hydrogen-bond acceptors (Lipinski definition) is 5. The summed E-state index contributed by atoms with van der Waals surface area (Å²) in [6.45, 7) is -0.111. The molecule has 33 heavy (non-hydrogen) atoms. The van der Waals surface area contributed by atoms with Crippen LogP contribution in [0.2, 0.25) is 10.0 Å². The largest absolute Gasteiger partial charge is 0.394 e. The van der Waals surface area contributed by atoms with Gasteiger partial charge in [-0.05, 0) is 48.2 Å². The molecule has 2 aromatic carbocycles. The molecule has 9 heteroatoms. The van der Waals surface area contributed by atoms with Crippen molar-refractivity contribution in [2.45, 2.75) is 50.0 Å².